The number of ketones is 1. The molecule has 0 radical (unpaired) electrons. The van der Waals surface area contributed by atoms with Crippen LogP contribution in [0, 0.1) is 17.1 Å². The zero-order valence-electron chi connectivity index (χ0n) is 13.1. The highest BCUT2D eigenvalue weighted by atomic mass is 19.1. The number of methoxy groups -OCH3 is 2. The van der Waals surface area contributed by atoms with Gasteiger partial charge in [-0.15, -0.1) is 0 Å². The molecule has 0 aromatic heterocycles. The Balaban J connectivity index is 2.43. The van der Waals surface area contributed by atoms with Crippen LogP contribution in [0.3, 0.4) is 0 Å². The average molecular weight is 327 g/mol. The van der Waals surface area contributed by atoms with Crippen LogP contribution in [0.5, 0.6) is 5.75 Å². The quantitative estimate of drug-likeness (QED) is 0.479. The molecule has 0 fully saturated rings. The number of halogens is 1. The molecule has 0 spiro atoms. The average Bonchev–Trinajstić information content (AvgIpc) is 2.62. The second-order valence-electron chi connectivity index (χ2n) is 4.90. The van der Waals surface area contributed by atoms with Crippen LogP contribution in [0.1, 0.15) is 27.4 Å². The van der Waals surface area contributed by atoms with E-state index < -0.39 is 23.5 Å². The van der Waals surface area contributed by atoms with Gasteiger partial charge in [-0.25, -0.2) is 4.39 Å². The predicted octanol–water partition coefficient (Wildman–Crippen LogP) is 2.85. The van der Waals surface area contributed by atoms with Gasteiger partial charge in [0.15, 0.2) is 5.78 Å². The van der Waals surface area contributed by atoms with E-state index in [1.54, 1.807) is 30.3 Å². The standard InChI is InChI=1S/C18H14FNO4/c1-23-14-7-5-11(6-8-14)16(18(22)24-2)17(21)12-3-4-13(10-20)15(19)9-12/h3-9,16H,1-2H3. The third kappa shape index (κ3) is 3.41. The SMILES string of the molecule is COC(=O)C(C(=O)c1ccc(C#N)c(F)c1)c1ccc(OC)cc1. The van der Waals surface area contributed by atoms with Crippen LogP contribution >= 0.6 is 0 Å². The maximum atomic E-state index is 13.8. The zero-order chi connectivity index (χ0) is 17.7. The van der Waals surface area contributed by atoms with Crippen LogP contribution < -0.4 is 4.74 Å². The van der Waals surface area contributed by atoms with Gasteiger partial charge < -0.3 is 9.47 Å². The van der Waals surface area contributed by atoms with Crippen molar-refractivity contribution >= 4 is 11.8 Å². The molecule has 0 aliphatic rings. The number of rotatable bonds is 5. The van der Waals surface area contributed by atoms with Crippen molar-refractivity contribution in [2.24, 2.45) is 0 Å². The monoisotopic (exact) mass is 327 g/mol. The van der Waals surface area contributed by atoms with E-state index in [1.807, 2.05) is 0 Å². The van der Waals surface area contributed by atoms with Crippen LogP contribution in [0.25, 0.3) is 0 Å². The number of esters is 1. The van der Waals surface area contributed by atoms with Crippen molar-refractivity contribution in [1.82, 2.24) is 0 Å². The number of carbonyl (C=O) groups excluding carboxylic acids is 2. The summed E-state index contributed by atoms with van der Waals surface area (Å²) in [4.78, 5) is 24.7. The van der Waals surface area contributed by atoms with Crippen molar-refractivity contribution < 1.29 is 23.5 Å². The van der Waals surface area contributed by atoms with Gasteiger partial charge in [0.25, 0.3) is 0 Å². The molecule has 2 rings (SSSR count). The van der Waals surface area contributed by atoms with Gasteiger partial charge in [-0.3, -0.25) is 9.59 Å². The summed E-state index contributed by atoms with van der Waals surface area (Å²) in [5.74, 6) is -2.85. The highest BCUT2D eigenvalue weighted by Crippen LogP contribution is 2.25. The summed E-state index contributed by atoms with van der Waals surface area (Å²) in [5.41, 5.74) is 0.209. The molecule has 0 aliphatic heterocycles. The summed E-state index contributed by atoms with van der Waals surface area (Å²) < 4.78 is 23.5. The number of hydrogen-bond acceptors (Lipinski definition) is 5. The van der Waals surface area contributed by atoms with E-state index >= 15 is 0 Å². The molecular weight excluding hydrogens is 313 g/mol. The molecule has 2 aromatic carbocycles. The number of hydrogen-bond donors (Lipinski definition) is 0. The van der Waals surface area contributed by atoms with Crippen molar-refractivity contribution in [3.63, 3.8) is 0 Å². The molecular formula is C18H14FNO4. The van der Waals surface area contributed by atoms with Crippen molar-refractivity contribution in [3.8, 4) is 11.8 Å². The molecule has 0 bridgehead atoms. The first-order valence-electron chi connectivity index (χ1n) is 6.97. The van der Waals surface area contributed by atoms with E-state index in [1.165, 1.54) is 26.4 Å². The lowest BCUT2D eigenvalue weighted by atomic mass is 9.90. The van der Waals surface area contributed by atoms with Crippen molar-refractivity contribution in [1.29, 1.82) is 5.26 Å². The van der Waals surface area contributed by atoms with Gasteiger partial charge in [0.05, 0.1) is 19.8 Å². The predicted molar refractivity (Wildman–Crippen MR) is 83.2 cm³/mol. The molecule has 122 valence electrons. The number of Topliss-reactive ketones (excluding diaryl/α,β-unsaturated/α-hetero) is 1. The Morgan fingerprint density at radius 3 is 2.29 bits per heavy atom. The van der Waals surface area contributed by atoms with Gasteiger partial charge >= 0.3 is 5.97 Å². The number of nitrogens with zero attached hydrogens (tertiary/aromatic N) is 1. The Morgan fingerprint density at radius 2 is 1.79 bits per heavy atom. The van der Waals surface area contributed by atoms with Gasteiger partial charge in [0, 0.05) is 5.56 Å². The molecule has 1 atom stereocenters. The maximum absolute atomic E-state index is 13.8. The number of ether oxygens (including phenoxy) is 2. The first-order chi connectivity index (χ1) is 11.5. The van der Waals surface area contributed by atoms with Crippen LogP contribution in [-0.2, 0) is 9.53 Å². The molecule has 0 N–H and O–H groups in total. The molecule has 0 amide bonds. The summed E-state index contributed by atoms with van der Waals surface area (Å²) >= 11 is 0. The lowest BCUT2D eigenvalue weighted by Gasteiger charge is -2.15. The molecule has 0 heterocycles. The lowest BCUT2D eigenvalue weighted by Crippen LogP contribution is -2.23. The smallest absolute Gasteiger partial charge is 0.321 e. The molecule has 2 aromatic rings. The van der Waals surface area contributed by atoms with Gasteiger partial charge in [0.1, 0.15) is 23.6 Å². The minimum atomic E-state index is -1.23. The van der Waals surface area contributed by atoms with Gasteiger partial charge in [-0.2, -0.15) is 5.26 Å². The largest absolute Gasteiger partial charge is 0.497 e. The van der Waals surface area contributed by atoms with E-state index in [0.29, 0.717) is 11.3 Å². The minimum absolute atomic E-state index is 0.0160. The molecule has 1 unspecified atom stereocenters. The summed E-state index contributed by atoms with van der Waals surface area (Å²) in [6.07, 6.45) is 0. The summed E-state index contributed by atoms with van der Waals surface area (Å²) in [7, 11) is 2.67. The zero-order valence-corrected chi connectivity index (χ0v) is 13.1. The molecule has 0 aliphatic carbocycles. The molecule has 6 heteroatoms. The molecule has 0 saturated heterocycles. The van der Waals surface area contributed by atoms with Gasteiger partial charge in [-0.1, -0.05) is 12.1 Å². The van der Waals surface area contributed by atoms with E-state index in [2.05, 4.69) is 0 Å². The summed E-state index contributed by atoms with van der Waals surface area (Å²) in [5, 5.41) is 8.75. The van der Waals surface area contributed by atoms with Crippen molar-refractivity contribution in [2.75, 3.05) is 14.2 Å². The highest BCUT2D eigenvalue weighted by Gasteiger charge is 2.30. The van der Waals surface area contributed by atoms with E-state index in [-0.39, 0.29) is 11.1 Å². The normalized spacial score (nSPS) is 11.2. The second-order valence-corrected chi connectivity index (χ2v) is 4.90. The Bertz CT molecular complexity index is 809. The molecule has 0 saturated carbocycles. The van der Waals surface area contributed by atoms with Gasteiger partial charge in [-0.05, 0) is 35.9 Å². The van der Waals surface area contributed by atoms with Crippen molar-refractivity contribution in [2.45, 2.75) is 5.92 Å². The second kappa shape index (κ2) is 7.38. The Morgan fingerprint density at radius 1 is 1.12 bits per heavy atom. The van der Waals surface area contributed by atoms with E-state index in [4.69, 9.17) is 14.7 Å². The third-order valence-corrected chi connectivity index (χ3v) is 3.52. The topological polar surface area (TPSA) is 76.4 Å². The van der Waals surface area contributed by atoms with Crippen LogP contribution in [0.2, 0.25) is 0 Å². The first kappa shape index (κ1) is 17.2. The molecule has 24 heavy (non-hydrogen) atoms. The Hall–Kier alpha value is -3.20. The maximum Gasteiger partial charge on any atom is 0.321 e. The van der Waals surface area contributed by atoms with Crippen LogP contribution in [0.4, 0.5) is 4.39 Å². The van der Waals surface area contributed by atoms with Crippen LogP contribution in [0.15, 0.2) is 42.5 Å². The first-order valence-corrected chi connectivity index (χ1v) is 6.97. The number of carbonyl (C=O) groups is 2. The fourth-order valence-electron chi connectivity index (χ4n) is 2.23. The number of benzene rings is 2. The molecule has 5 nitrogen and oxygen atoms in total. The Kier molecular flexibility index (Phi) is 5.27. The highest BCUT2D eigenvalue weighted by molar-refractivity contribution is 6.13. The van der Waals surface area contributed by atoms with Crippen LogP contribution in [-0.4, -0.2) is 26.0 Å². The minimum Gasteiger partial charge on any atom is -0.497 e. The van der Waals surface area contributed by atoms with E-state index in [0.717, 1.165) is 6.07 Å². The summed E-state index contributed by atoms with van der Waals surface area (Å²) in [6.45, 7) is 0. The lowest BCUT2D eigenvalue weighted by molar-refractivity contribution is -0.141. The summed E-state index contributed by atoms with van der Waals surface area (Å²) in [6, 6.07) is 11.5. The number of nitriles is 1. The van der Waals surface area contributed by atoms with E-state index in [9.17, 15) is 14.0 Å². The van der Waals surface area contributed by atoms with Crippen molar-refractivity contribution in [3.05, 3.63) is 65.0 Å². The Labute approximate surface area is 138 Å². The fourth-order valence-corrected chi connectivity index (χ4v) is 2.23. The van der Waals surface area contributed by atoms with Gasteiger partial charge in [0.2, 0.25) is 0 Å². The fraction of sp³-hybridized carbons (Fsp3) is 0.167. The third-order valence-electron chi connectivity index (χ3n) is 3.52.